The Kier molecular flexibility index (Phi) is 9.50. The van der Waals surface area contributed by atoms with Crippen LogP contribution in [0.2, 0.25) is 0 Å². The van der Waals surface area contributed by atoms with E-state index in [0.717, 1.165) is 13.2 Å². The van der Waals surface area contributed by atoms with E-state index in [-0.39, 0.29) is 17.1 Å². The van der Waals surface area contributed by atoms with Crippen LogP contribution in [0.4, 0.5) is 17.6 Å². The number of carboxylic acids is 1. The van der Waals surface area contributed by atoms with Crippen LogP contribution in [0.25, 0.3) is 6.08 Å². The van der Waals surface area contributed by atoms with Crippen molar-refractivity contribution in [3.05, 3.63) is 46.9 Å². The molecule has 0 saturated carbocycles. The third-order valence-electron chi connectivity index (χ3n) is 4.80. The molecule has 0 fully saturated rings. The molecule has 0 aliphatic carbocycles. The van der Waals surface area contributed by atoms with Gasteiger partial charge in [0.15, 0.2) is 11.5 Å². The van der Waals surface area contributed by atoms with E-state index < -0.39 is 40.3 Å². The van der Waals surface area contributed by atoms with Gasteiger partial charge < -0.3 is 28.8 Å². The molecule has 0 amide bonds. The second kappa shape index (κ2) is 12.0. The van der Waals surface area contributed by atoms with Crippen LogP contribution in [0.3, 0.4) is 0 Å². The van der Waals surface area contributed by atoms with Gasteiger partial charge in [-0.25, -0.2) is 9.59 Å². The van der Waals surface area contributed by atoms with E-state index in [2.05, 4.69) is 4.74 Å². The molecule has 0 aromatic heterocycles. The minimum Gasteiger partial charge on any atom is -0.496 e. The molecule has 0 aliphatic rings. The van der Waals surface area contributed by atoms with Gasteiger partial charge >= 0.3 is 23.8 Å². The predicted molar refractivity (Wildman–Crippen MR) is 123 cm³/mol. The number of benzene rings is 2. The van der Waals surface area contributed by atoms with Crippen LogP contribution in [0, 0.1) is 0 Å². The second-order valence-corrected chi connectivity index (χ2v) is 8.42. The van der Waals surface area contributed by atoms with Crippen LogP contribution in [0.15, 0.2) is 35.7 Å². The molecule has 0 bridgehead atoms. The summed E-state index contributed by atoms with van der Waals surface area (Å²) in [6.07, 6.45) is 1.46. The van der Waals surface area contributed by atoms with Crippen LogP contribution in [-0.4, -0.2) is 61.5 Å². The fourth-order valence-corrected chi connectivity index (χ4v) is 3.76. The number of alkyl halides is 4. The first kappa shape index (κ1) is 29.4. The number of carboxylic acid groups (broad SMARTS) is 1. The summed E-state index contributed by atoms with van der Waals surface area (Å²) in [7, 11) is 3.66. The number of esters is 1. The number of carbonyl (C=O) groups excluding carboxylic acids is 1. The summed E-state index contributed by atoms with van der Waals surface area (Å²) in [5.74, 6) is -17.4. The van der Waals surface area contributed by atoms with Gasteiger partial charge in [0, 0.05) is 17.5 Å². The Morgan fingerprint density at radius 2 is 1.43 bits per heavy atom. The molecular weight excluding hydrogens is 528 g/mol. The highest BCUT2D eigenvalue weighted by atomic mass is 32.2. The molecule has 9 nitrogen and oxygen atoms in total. The minimum absolute atomic E-state index is 0.188. The van der Waals surface area contributed by atoms with E-state index in [0.29, 0.717) is 22.8 Å². The molecule has 1 atom stereocenters. The minimum atomic E-state index is -5.72. The lowest BCUT2D eigenvalue weighted by Gasteiger charge is -2.21. The summed E-state index contributed by atoms with van der Waals surface area (Å²) in [5, 5.41) is 9.63. The van der Waals surface area contributed by atoms with Crippen LogP contribution >= 0.6 is 0 Å². The fraction of sp³-hybridized carbons (Fsp3) is 0.304. The van der Waals surface area contributed by atoms with Gasteiger partial charge in [0.2, 0.25) is 0 Å². The van der Waals surface area contributed by atoms with Crippen LogP contribution in [0.5, 0.6) is 28.7 Å². The average Bonchev–Trinajstić information content (AvgIpc) is 2.86. The van der Waals surface area contributed by atoms with E-state index in [1.54, 1.807) is 12.1 Å². The summed E-state index contributed by atoms with van der Waals surface area (Å²) in [6, 6.07) is 6.69. The summed E-state index contributed by atoms with van der Waals surface area (Å²) >= 11 is 0. The lowest BCUT2D eigenvalue weighted by molar-refractivity contribution is -0.229. The van der Waals surface area contributed by atoms with E-state index in [4.69, 9.17) is 24.1 Å². The van der Waals surface area contributed by atoms with Crippen molar-refractivity contribution in [3.63, 3.8) is 0 Å². The number of methoxy groups -OCH3 is 4. The van der Waals surface area contributed by atoms with Crippen LogP contribution in [-0.2, 0) is 26.1 Å². The van der Waals surface area contributed by atoms with E-state index >= 15 is 0 Å². The Morgan fingerprint density at radius 3 is 1.92 bits per heavy atom. The molecule has 2 aromatic carbocycles. The van der Waals surface area contributed by atoms with Gasteiger partial charge in [-0.3, -0.25) is 4.21 Å². The van der Waals surface area contributed by atoms with Crippen molar-refractivity contribution in [1.82, 2.24) is 0 Å². The topological polar surface area (TPSA) is 118 Å². The monoisotopic (exact) mass is 550 g/mol. The van der Waals surface area contributed by atoms with Gasteiger partial charge in [-0.1, -0.05) is 6.07 Å². The smallest absolute Gasteiger partial charge is 0.416 e. The van der Waals surface area contributed by atoms with Gasteiger partial charge in [0.1, 0.15) is 17.2 Å². The lowest BCUT2D eigenvalue weighted by Crippen LogP contribution is -2.53. The molecule has 1 N–H and O–H groups in total. The predicted octanol–water partition coefficient (Wildman–Crippen LogP) is 3.90. The lowest BCUT2D eigenvalue weighted by atomic mass is 10.1. The maximum absolute atomic E-state index is 13.8. The van der Waals surface area contributed by atoms with Crippen LogP contribution in [0.1, 0.15) is 11.1 Å². The van der Waals surface area contributed by atoms with Crippen molar-refractivity contribution in [3.8, 4) is 28.7 Å². The molecule has 37 heavy (non-hydrogen) atoms. The highest BCUT2D eigenvalue weighted by Gasteiger charge is 2.69. The Bertz CT molecular complexity index is 1190. The zero-order valence-corrected chi connectivity index (χ0v) is 20.7. The van der Waals surface area contributed by atoms with E-state index in [1.807, 2.05) is 0 Å². The summed E-state index contributed by atoms with van der Waals surface area (Å²) in [4.78, 5) is 22.2. The Labute approximate surface area is 211 Å². The fourth-order valence-electron chi connectivity index (χ4n) is 2.87. The molecule has 0 spiro atoms. The average molecular weight is 550 g/mol. The summed E-state index contributed by atoms with van der Waals surface area (Å²) in [5.41, 5.74) is 0.638. The highest BCUT2D eigenvalue weighted by molar-refractivity contribution is 7.87. The number of aliphatic carboxylic acids is 1. The van der Waals surface area contributed by atoms with Crippen LogP contribution < -0.4 is 23.7 Å². The van der Waals surface area contributed by atoms with Gasteiger partial charge in [0.05, 0.1) is 50.6 Å². The number of hydrogen-bond acceptors (Lipinski definition) is 8. The third-order valence-corrected chi connectivity index (χ3v) is 5.86. The number of ether oxygens (including phenoxy) is 5. The molecule has 2 aromatic rings. The molecule has 2 rings (SSSR count). The molecule has 0 heterocycles. The standard InChI is InChI=1S/C23H22F4O9S/c1-32-14-10-17(34-3)15(18(11-14)35-4)7-8-37(31)12-13-5-6-16(33-2)19(9-13)36-21(30)23(26,27)22(24,25)20(28)29/h5-11H,12H2,1-4H3,(H,28,29). The zero-order valence-electron chi connectivity index (χ0n) is 19.9. The zero-order chi connectivity index (χ0) is 28.0. The number of hydrogen-bond donors (Lipinski definition) is 1. The van der Waals surface area contributed by atoms with Gasteiger partial charge in [0.25, 0.3) is 0 Å². The first-order chi connectivity index (χ1) is 17.3. The van der Waals surface area contributed by atoms with Crippen molar-refractivity contribution in [2.75, 3.05) is 28.4 Å². The third kappa shape index (κ3) is 6.50. The largest absolute Gasteiger partial charge is 0.496 e. The quantitative estimate of drug-likeness (QED) is 0.239. The highest BCUT2D eigenvalue weighted by Crippen LogP contribution is 2.38. The van der Waals surface area contributed by atoms with Crippen molar-refractivity contribution in [2.45, 2.75) is 17.6 Å². The van der Waals surface area contributed by atoms with E-state index in [1.165, 1.54) is 44.9 Å². The van der Waals surface area contributed by atoms with Crippen molar-refractivity contribution in [1.29, 1.82) is 0 Å². The SMILES string of the molecule is COc1cc(OC)c(C=CS(=O)Cc2ccc(OC)c(OC(=O)C(F)(F)C(F)(F)C(=O)O)c2)c(OC)c1. The maximum atomic E-state index is 13.8. The molecule has 14 heteroatoms. The first-order valence-electron chi connectivity index (χ1n) is 10.1. The first-order valence-corrected chi connectivity index (χ1v) is 11.4. The number of rotatable bonds is 12. The molecule has 0 saturated heterocycles. The van der Waals surface area contributed by atoms with Crippen molar-refractivity contribution in [2.24, 2.45) is 0 Å². The molecule has 0 radical (unpaired) electrons. The van der Waals surface area contributed by atoms with Gasteiger partial charge in [-0.05, 0) is 23.8 Å². The molecular formula is C23H22F4O9S. The van der Waals surface area contributed by atoms with Crippen molar-refractivity contribution >= 4 is 28.8 Å². The summed E-state index contributed by atoms with van der Waals surface area (Å²) < 4.78 is 91.9. The number of halogens is 4. The number of carbonyl (C=O) groups is 2. The molecule has 0 aliphatic heterocycles. The second-order valence-electron chi connectivity index (χ2n) is 7.10. The maximum Gasteiger partial charge on any atom is 0.416 e. The Morgan fingerprint density at radius 1 is 0.865 bits per heavy atom. The van der Waals surface area contributed by atoms with Gasteiger partial charge in [-0.2, -0.15) is 17.6 Å². The summed E-state index contributed by atoms with van der Waals surface area (Å²) in [6.45, 7) is 0. The van der Waals surface area contributed by atoms with Gasteiger partial charge in [-0.15, -0.1) is 0 Å². The Hall–Kier alpha value is -3.81. The Balaban J connectivity index is 2.29. The normalized spacial score (nSPS) is 12.6. The van der Waals surface area contributed by atoms with E-state index in [9.17, 15) is 31.4 Å². The van der Waals surface area contributed by atoms with Crippen molar-refractivity contribution < 1.29 is 60.2 Å². The molecule has 202 valence electrons. The molecule has 1 unspecified atom stereocenters.